The van der Waals surface area contributed by atoms with Crippen molar-refractivity contribution in [1.29, 1.82) is 0 Å². The van der Waals surface area contributed by atoms with Crippen LogP contribution >= 0.6 is 0 Å². The number of aliphatic carboxylic acids is 1. The first kappa shape index (κ1) is 22.4. The van der Waals surface area contributed by atoms with Gasteiger partial charge in [0, 0.05) is 17.9 Å². The summed E-state index contributed by atoms with van der Waals surface area (Å²) in [6.45, 7) is 4.35. The topological polar surface area (TPSA) is 74.6 Å². The van der Waals surface area contributed by atoms with Crippen molar-refractivity contribution in [3.63, 3.8) is 0 Å². The molecule has 0 unspecified atom stereocenters. The van der Waals surface area contributed by atoms with Crippen LogP contribution in [-0.4, -0.2) is 28.1 Å². The number of carbonyl (C=O) groups excluding carboxylic acids is 1. The molecule has 0 aromatic carbocycles. The van der Waals surface area contributed by atoms with Crippen molar-refractivity contribution in [2.45, 2.75) is 71.3 Å². The quantitative estimate of drug-likeness (QED) is 0.283. The van der Waals surface area contributed by atoms with E-state index in [0.29, 0.717) is 5.92 Å². The predicted molar refractivity (Wildman–Crippen MR) is 105 cm³/mol. The van der Waals surface area contributed by atoms with Crippen LogP contribution in [0.4, 0.5) is 0 Å². The second-order valence-electron chi connectivity index (χ2n) is 7.41. The van der Waals surface area contributed by atoms with Gasteiger partial charge in [0.1, 0.15) is 0 Å². The fourth-order valence-electron chi connectivity index (χ4n) is 3.41. The lowest BCUT2D eigenvalue weighted by Crippen LogP contribution is -2.15. The number of ketones is 1. The lowest BCUT2D eigenvalue weighted by atomic mass is 9.88. The summed E-state index contributed by atoms with van der Waals surface area (Å²) in [4.78, 5) is 22.5. The number of aliphatic hydroxyl groups excluding tert-OH is 1. The minimum atomic E-state index is -0.923. The summed E-state index contributed by atoms with van der Waals surface area (Å²) in [5, 5.41) is 18.7. The van der Waals surface area contributed by atoms with E-state index in [-0.39, 0.29) is 17.6 Å². The molecule has 0 saturated carbocycles. The van der Waals surface area contributed by atoms with Crippen molar-refractivity contribution in [2.24, 2.45) is 17.8 Å². The number of hydrogen-bond donors (Lipinski definition) is 2. The predicted octanol–water partition coefficient (Wildman–Crippen LogP) is 4.69. The van der Waals surface area contributed by atoms with E-state index in [9.17, 15) is 14.7 Å². The van der Waals surface area contributed by atoms with Crippen molar-refractivity contribution >= 4 is 11.8 Å². The Hall–Kier alpha value is -1.68. The van der Waals surface area contributed by atoms with Crippen LogP contribution in [-0.2, 0) is 9.59 Å². The highest BCUT2D eigenvalue weighted by molar-refractivity contribution is 5.94. The van der Waals surface area contributed by atoms with Crippen molar-refractivity contribution < 1.29 is 19.8 Å². The molecule has 2 N–H and O–H groups in total. The van der Waals surface area contributed by atoms with Crippen LogP contribution in [0.25, 0.3) is 0 Å². The molecule has 0 bridgehead atoms. The number of unbranched alkanes of at least 4 members (excludes halogenated alkanes) is 3. The molecule has 146 valence electrons. The van der Waals surface area contributed by atoms with Gasteiger partial charge in [-0.2, -0.15) is 0 Å². The van der Waals surface area contributed by atoms with E-state index in [1.54, 1.807) is 12.2 Å². The Morgan fingerprint density at radius 2 is 2.08 bits per heavy atom. The Bertz CT molecular complexity index is 518. The van der Waals surface area contributed by atoms with Crippen molar-refractivity contribution in [3.8, 4) is 0 Å². The van der Waals surface area contributed by atoms with E-state index >= 15 is 0 Å². The molecular weight excluding hydrogens is 328 g/mol. The highest BCUT2D eigenvalue weighted by atomic mass is 16.4. The van der Waals surface area contributed by atoms with Gasteiger partial charge in [-0.3, -0.25) is 4.79 Å². The van der Waals surface area contributed by atoms with Crippen molar-refractivity contribution in [3.05, 3.63) is 36.5 Å². The summed E-state index contributed by atoms with van der Waals surface area (Å²) in [5.74, 6) is -0.235. The molecular formula is C22H34O4. The number of hydrogen-bond acceptors (Lipinski definition) is 3. The zero-order valence-corrected chi connectivity index (χ0v) is 16.1. The fourth-order valence-corrected chi connectivity index (χ4v) is 3.41. The SMILES string of the molecule is CCCC[C@H](C)C[C@H](O)/C=C/[C@H]1C=CC(=O)[C@@H]1CCCCC=CC(=O)O. The molecule has 1 aliphatic carbocycles. The maximum Gasteiger partial charge on any atom is 0.327 e. The second kappa shape index (κ2) is 12.6. The number of carbonyl (C=O) groups is 2. The normalized spacial score (nSPS) is 22.5. The van der Waals surface area contributed by atoms with E-state index in [1.165, 1.54) is 12.8 Å². The molecule has 4 atom stereocenters. The maximum atomic E-state index is 12.1. The molecule has 26 heavy (non-hydrogen) atoms. The van der Waals surface area contributed by atoms with Gasteiger partial charge in [0.15, 0.2) is 5.78 Å². The largest absolute Gasteiger partial charge is 0.478 e. The van der Waals surface area contributed by atoms with Gasteiger partial charge in [-0.05, 0) is 37.7 Å². The Morgan fingerprint density at radius 1 is 1.31 bits per heavy atom. The van der Waals surface area contributed by atoms with E-state index < -0.39 is 12.1 Å². The van der Waals surface area contributed by atoms with Gasteiger partial charge in [0.2, 0.25) is 0 Å². The van der Waals surface area contributed by atoms with Crippen LogP contribution in [0, 0.1) is 17.8 Å². The Morgan fingerprint density at radius 3 is 2.77 bits per heavy atom. The van der Waals surface area contributed by atoms with E-state index in [0.717, 1.165) is 44.6 Å². The van der Waals surface area contributed by atoms with Crippen LogP contribution in [0.1, 0.15) is 65.2 Å². The summed E-state index contributed by atoms with van der Waals surface area (Å²) >= 11 is 0. The minimum Gasteiger partial charge on any atom is -0.478 e. The summed E-state index contributed by atoms with van der Waals surface area (Å²) in [6.07, 6.45) is 17.3. The van der Waals surface area contributed by atoms with Gasteiger partial charge in [-0.25, -0.2) is 4.79 Å². The highest BCUT2D eigenvalue weighted by Crippen LogP contribution is 2.29. The smallest absolute Gasteiger partial charge is 0.327 e. The van der Waals surface area contributed by atoms with Crippen molar-refractivity contribution in [2.75, 3.05) is 0 Å². The molecule has 0 aromatic heterocycles. The first-order chi connectivity index (χ1) is 12.4. The third kappa shape index (κ3) is 9.14. The zero-order valence-electron chi connectivity index (χ0n) is 16.1. The van der Waals surface area contributed by atoms with Gasteiger partial charge in [-0.15, -0.1) is 0 Å². The number of rotatable bonds is 13. The number of allylic oxidation sites excluding steroid dienone is 4. The molecule has 0 heterocycles. The molecule has 0 radical (unpaired) electrons. The van der Waals surface area contributed by atoms with Crippen molar-refractivity contribution in [1.82, 2.24) is 0 Å². The third-order valence-electron chi connectivity index (χ3n) is 4.96. The molecule has 0 aliphatic heterocycles. The lowest BCUT2D eigenvalue weighted by Gasteiger charge is -2.16. The Balaban J connectivity index is 2.38. The molecule has 0 saturated heterocycles. The van der Waals surface area contributed by atoms with Crippen LogP contribution in [0.15, 0.2) is 36.5 Å². The standard InChI is InChI=1S/C22H34O4/c1-3-4-9-17(2)16-19(23)14-12-18-13-15-21(24)20(18)10-7-5-6-8-11-22(25)26/h8,11-15,17-20,23H,3-7,9-10,16H2,1-2H3,(H,25,26)/b11-8?,14-12+/t17-,18-,19+,20+/m0/s1. The van der Waals surface area contributed by atoms with Crippen LogP contribution in [0.2, 0.25) is 0 Å². The monoisotopic (exact) mass is 362 g/mol. The van der Waals surface area contributed by atoms with Gasteiger partial charge < -0.3 is 10.2 Å². The average Bonchev–Trinajstić information content (AvgIpc) is 2.94. The maximum absolute atomic E-state index is 12.1. The number of aliphatic hydroxyl groups is 1. The Kier molecular flexibility index (Phi) is 10.9. The fraction of sp³-hybridized carbons (Fsp3) is 0.636. The number of carboxylic acid groups (broad SMARTS) is 1. The Labute approximate surface area is 157 Å². The van der Waals surface area contributed by atoms with Gasteiger partial charge in [0.25, 0.3) is 0 Å². The minimum absolute atomic E-state index is 0.0422. The molecule has 0 spiro atoms. The van der Waals surface area contributed by atoms with Crippen LogP contribution < -0.4 is 0 Å². The number of carboxylic acids is 1. The van der Waals surface area contributed by atoms with E-state index in [1.807, 2.05) is 18.2 Å². The van der Waals surface area contributed by atoms with E-state index in [4.69, 9.17) is 5.11 Å². The van der Waals surface area contributed by atoms with Gasteiger partial charge in [0.05, 0.1) is 6.10 Å². The molecule has 1 rings (SSSR count). The summed E-state index contributed by atoms with van der Waals surface area (Å²) in [7, 11) is 0. The molecule has 0 fully saturated rings. The first-order valence-electron chi connectivity index (χ1n) is 9.92. The second-order valence-corrected chi connectivity index (χ2v) is 7.41. The highest BCUT2D eigenvalue weighted by Gasteiger charge is 2.27. The zero-order chi connectivity index (χ0) is 19.4. The average molecular weight is 363 g/mol. The van der Waals surface area contributed by atoms with Crippen LogP contribution in [0.5, 0.6) is 0 Å². The summed E-state index contributed by atoms with van der Waals surface area (Å²) in [6, 6.07) is 0. The first-order valence-corrected chi connectivity index (χ1v) is 9.92. The summed E-state index contributed by atoms with van der Waals surface area (Å²) in [5.41, 5.74) is 0. The molecule has 0 amide bonds. The lowest BCUT2D eigenvalue weighted by molar-refractivity contribution is -0.131. The van der Waals surface area contributed by atoms with E-state index in [2.05, 4.69) is 13.8 Å². The van der Waals surface area contributed by atoms with Gasteiger partial charge in [-0.1, -0.05) is 63.8 Å². The summed E-state index contributed by atoms with van der Waals surface area (Å²) < 4.78 is 0. The molecule has 1 aliphatic rings. The molecule has 0 aromatic rings. The third-order valence-corrected chi connectivity index (χ3v) is 4.96. The molecule has 4 nitrogen and oxygen atoms in total. The van der Waals surface area contributed by atoms with Crippen LogP contribution in [0.3, 0.4) is 0 Å². The molecule has 4 heteroatoms. The van der Waals surface area contributed by atoms with Gasteiger partial charge >= 0.3 is 5.97 Å².